The predicted molar refractivity (Wildman–Crippen MR) is 67.8 cm³/mol. The van der Waals surface area contributed by atoms with Gasteiger partial charge in [-0.25, -0.2) is 0 Å². The monoisotopic (exact) mass is 232 g/mol. The highest BCUT2D eigenvalue weighted by Crippen LogP contribution is 2.03. The summed E-state index contributed by atoms with van der Waals surface area (Å²) in [4.78, 5) is 0. The average molecular weight is 232 g/mol. The third-order valence-electron chi connectivity index (χ3n) is 1.62. The van der Waals surface area contributed by atoms with E-state index in [9.17, 15) is 0 Å². The fraction of sp³-hybridized carbons (Fsp3) is 0.800. The maximum Gasteiger partial charge on any atom is 0.169 e. The van der Waals surface area contributed by atoms with E-state index < -0.39 is 8.32 Å². The second kappa shape index (κ2) is 8.26. The third kappa shape index (κ3) is 11.9. The second-order valence-corrected chi connectivity index (χ2v) is 10.8. The quantitative estimate of drug-likeness (QED) is 0.364. The lowest BCUT2D eigenvalue weighted by atomic mass is 10.5. The van der Waals surface area contributed by atoms with Gasteiger partial charge in [0.05, 0.1) is 12.9 Å². The maximum absolute atomic E-state index is 5.86. The number of hydrogen-bond donors (Lipinski definition) is 0. The molecular formula is C10H24O2Si2. The van der Waals surface area contributed by atoms with Gasteiger partial charge in [-0.05, 0) is 38.5 Å². The van der Waals surface area contributed by atoms with Gasteiger partial charge >= 0.3 is 0 Å². The van der Waals surface area contributed by atoms with Crippen molar-refractivity contribution in [1.29, 1.82) is 0 Å². The molecule has 4 heteroatoms. The highest BCUT2D eigenvalue weighted by atomic mass is 28.4. The summed E-state index contributed by atoms with van der Waals surface area (Å²) >= 11 is 0. The van der Waals surface area contributed by atoms with E-state index in [0.29, 0.717) is 0 Å². The van der Waals surface area contributed by atoms with E-state index in [-0.39, 0.29) is 9.76 Å². The van der Waals surface area contributed by atoms with E-state index >= 15 is 0 Å². The molecule has 0 aliphatic heterocycles. The van der Waals surface area contributed by atoms with Crippen molar-refractivity contribution in [3.05, 3.63) is 12.3 Å². The molecule has 0 aliphatic rings. The van der Waals surface area contributed by atoms with Crippen molar-refractivity contribution in [3.8, 4) is 0 Å². The van der Waals surface area contributed by atoms with E-state index in [2.05, 4.69) is 26.6 Å². The van der Waals surface area contributed by atoms with Crippen LogP contribution in [0.2, 0.25) is 25.7 Å². The largest absolute Gasteiger partial charge is 0.502 e. The van der Waals surface area contributed by atoms with Crippen LogP contribution in [0.3, 0.4) is 0 Å². The van der Waals surface area contributed by atoms with Crippen LogP contribution in [0.15, 0.2) is 12.3 Å². The predicted octanol–water partition coefficient (Wildman–Crippen LogP) is 2.67. The Morgan fingerprint density at radius 2 is 2.00 bits per heavy atom. The molecule has 0 bridgehead atoms. The first kappa shape index (κ1) is 13.9. The molecule has 0 unspecified atom stereocenters. The molecule has 0 N–H and O–H groups in total. The molecule has 0 spiro atoms. The standard InChI is InChI=1S/C10H24O2Si2/c1-5-6-8-11-9-7-10-13-12-14(2,3)4/h6,8H,5,7,9-10,13H2,1-4H3. The van der Waals surface area contributed by atoms with Gasteiger partial charge < -0.3 is 8.85 Å². The first-order valence-electron chi connectivity index (χ1n) is 5.47. The summed E-state index contributed by atoms with van der Waals surface area (Å²) in [6, 6.07) is 1.24. The molecule has 0 aromatic heterocycles. The van der Waals surface area contributed by atoms with Crippen LogP contribution >= 0.6 is 0 Å². The molecule has 84 valence electrons. The first-order chi connectivity index (χ1) is 6.56. The Morgan fingerprint density at radius 1 is 1.29 bits per heavy atom. The Balaban J connectivity index is 3.11. The van der Waals surface area contributed by atoms with Gasteiger partial charge in [0.2, 0.25) is 0 Å². The van der Waals surface area contributed by atoms with Crippen LogP contribution in [0.4, 0.5) is 0 Å². The molecule has 0 aliphatic carbocycles. The zero-order valence-corrected chi connectivity index (χ0v) is 12.4. The molecule has 0 heterocycles. The first-order valence-corrected chi connectivity index (χ1v) is 10.5. The minimum atomic E-state index is -1.23. The minimum absolute atomic E-state index is 0.275. The van der Waals surface area contributed by atoms with Crippen LogP contribution in [0.1, 0.15) is 19.8 Å². The van der Waals surface area contributed by atoms with Crippen LogP contribution in [-0.4, -0.2) is 24.7 Å². The summed E-state index contributed by atoms with van der Waals surface area (Å²) in [5.74, 6) is 0. The van der Waals surface area contributed by atoms with E-state index in [1.165, 1.54) is 6.04 Å². The van der Waals surface area contributed by atoms with Gasteiger partial charge in [-0.15, -0.1) is 0 Å². The van der Waals surface area contributed by atoms with Crippen LogP contribution in [-0.2, 0) is 8.85 Å². The summed E-state index contributed by atoms with van der Waals surface area (Å²) in [5.41, 5.74) is 0. The minimum Gasteiger partial charge on any atom is -0.502 e. The summed E-state index contributed by atoms with van der Waals surface area (Å²) < 4.78 is 11.2. The van der Waals surface area contributed by atoms with Gasteiger partial charge in [0.1, 0.15) is 9.76 Å². The van der Waals surface area contributed by atoms with Gasteiger partial charge in [0.15, 0.2) is 8.32 Å². The Morgan fingerprint density at radius 3 is 2.57 bits per heavy atom. The van der Waals surface area contributed by atoms with Crippen molar-refractivity contribution < 1.29 is 8.85 Å². The van der Waals surface area contributed by atoms with Gasteiger partial charge in [-0.3, -0.25) is 0 Å². The van der Waals surface area contributed by atoms with E-state index in [0.717, 1.165) is 19.4 Å². The van der Waals surface area contributed by atoms with Gasteiger partial charge in [-0.2, -0.15) is 0 Å². The Hall–Kier alpha value is -0.0662. The molecule has 0 radical (unpaired) electrons. The van der Waals surface area contributed by atoms with Crippen LogP contribution in [0.5, 0.6) is 0 Å². The molecule has 0 rings (SSSR count). The SMILES string of the molecule is CCC=COCCC[SiH2]O[Si](C)(C)C. The van der Waals surface area contributed by atoms with Crippen molar-refractivity contribution >= 4 is 18.1 Å². The highest BCUT2D eigenvalue weighted by molar-refractivity contribution is 6.73. The molecule has 0 saturated heterocycles. The van der Waals surface area contributed by atoms with Gasteiger partial charge in [0, 0.05) is 0 Å². The lowest BCUT2D eigenvalue weighted by Crippen LogP contribution is -2.27. The lowest BCUT2D eigenvalue weighted by Gasteiger charge is -2.17. The molecule has 0 aromatic rings. The van der Waals surface area contributed by atoms with Crippen molar-refractivity contribution in [1.82, 2.24) is 0 Å². The zero-order valence-electron chi connectivity index (χ0n) is 10.0. The van der Waals surface area contributed by atoms with Crippen LogP contribution in [0.25, 0.3) is 0 Å². The summed E-state index contributed by atoms with van der Waals surface area (Å²) in [7, 11) is -1.51. The summed E-state index contributed by atoms with van der Waals surface area (Å²) in [5, 5.41) is 0. The molecule has 0 fully saturated rings. The van der Waals surface area contributed by atoms with E-state index in [1.807, 2.05) is 6.08 Å². The lowest BCUT2D eigenvalue weighted by molar-refractivity contribution is 0.248. The number of rotatable bonds is 8. The van der Waals surface area contributed by atoms with Crippen LogP contribution < -0.4 is 0 Å². The van der Waals surface area contributed by atoms with Gasteiger partial charge in [-0.1, -0.05) is 13.0 Å². The van der Waals surface area contributed by atoms with Gasteiger partial charge in [0.25, 0.3) is 0 Å². The summed E-state index contributed by atoms with van der Waals surface area (Å²) in [6.07, 6.45) is 6.04. The van der Waals surface area contributed by atoms with Crippen molar-refractivity contribution in [2.45, 2.75) is 45.5 Å². The third-order valence-corrected chi connectivity index (χ3v) is 6.69. The molecule has 14 heavy (non-hydrogen) atoms. The smallest absolute Gasteiger partial charge is 0.169 e. The van der Waals surface area contributed by atoms with Crippen molar-refractivity contribution in [2.24, 2.45) is 0 Å². The topological polar surface area (TPSA) is 18.5 Å². The Labute approximate surface area is 91.8 Å². The van der Waals surface area contributed by atoms with Crippen LogP contribution in [0, 0.1) is 0 Å². The summed E-state index contributed by atoms with van der Waals surface area (Å²) in [6.45, 7) is 9.70. The molecule has 0 saturated carbocycles. The molecular weight excluding hydrogens is 208 g/mol. The molecule has 0 amide bonds. The highest BCUT2D eigenvalue weighted by Gasteiger charge is 2.12. The van der Waals surface area contributed by atoms with Crippen molar-refractivity contribution in [2.75, 3.05) is 6.61 Å². The van der Waals surface area contributed by atoms with Crippen molar-refractivity contribution in [3.63, 3.8) is 0 Å². The number of hydrogen-bond acceptors (Lipinski definition) is 2. The number of allylic oxidation sites excluding steroid dienone is 1. The Bertz CT molecular complexity index is 153. The maximum atomic E-state index is 5.86. The number of ether oxygens (including phenoxy) is 1. The normalized spacial score (nSPS) is 13.1. The van der Waals surface area contributed by atoms with E-state index in [4.69, 9.17) is 8.85 Å². The van der Waals surface area contributed by atoms with E-state index in [1.54, 1.807) is 6.26 Å². The molecule has 2 nitrogen and oxygen atoms in total. The molecule has 0 atom stereocenters. The Kier molecular flexibility index (Phi) is 8.22. The average Bonchev–Trinajstić information content (AvgIpc) is 2.08. The second-order valence-electron chi connectivity index (χ2n) is 4.32. The fourth-order valence-corrected chi connectivity index (χ4v) is 4.33. The zero-order chi connectivity index (χ0) is 10.9. The fourth-order valence-electron chi connectivity index (χ4n) is 0.898. The molecule has 0 aromatic carbocycles.